The average molecular weight is 241 g/mol. The van der Waals surface area contributed by atoms with Gasteiger partial charge in [0.25, 0.3) is 0 Å². The van der Waals surface area contributed by atoms with Gasteiger partial charge in [0.05, 0.1) is 6.20 Å². The molecule has 2 aromatic rings. The average Bonchev–Trinajstić information content (AvgIpc) is 2.76. The minimum atomic E-state index is -0.150. The molecule has 4 heteroatoms. The Balaban J connectivity index is 1.96. The summed E-state index contributed by atoms with van der Waals surface area (Å²) in [6, 6.07) is 7.68. The van der Waals surface area contributed by atoms with Gasteiger partial charge in [-0.05, 0) is 25.1 Å². The third kappa shape index (κ3) is 3.31. The molecule has 92 valence electrons. The number of benzene rings is 1. The maximum Gasteiger partial charge on any atom is 0.248 e. The van der Waals surface area contributed by atoms with Gasteiger partial charge in [-0.15, -0.1) is 0 Å². The van der Waals surface area contributed by atoms with Crippen LogP contribution in [0.5, 0.6) is 0 Å². The van der Waals surface area contributed by atoms with Gasteiger partial charge in [-0.2, -0.15) is 5.10 Å². The number of amides is 1. The summed E-state index contributed by atoms with van der Waals surface area (Å²) in [5, 5.41) is 6.82. The SMILES string of the molecule is Cc1ccc(NC(=O)/C=C/c2cnn(C)c2)cc1. The van der Waals surface area contributed by atoms with Crippen molar-refractivity contribution in [1.29, 1.82) is 0 Å². The smallest absolute Gasteiger partial charge is 0.248 e. The molecule has 0 fully saturated rings. The van der Waals surface area contributed by atoms with Crippen molar-refractivity contribution in [1.82, 2.24) is 9.78 Å². The van der Waals surface area contributed by atoms with Crippen LogP contribution in [0.2, 0.25) is 0 Å². The molecule has 0 aliphatic carbocycles. The summed E-state index contributed by atoms with van der Waals surface area (Å²) in [5.41, 5.74) is 2.86. The number of rotatable bonds is 3. The van der Waals surface area contributed by atoms with E-state index in [1.54, 1.807) is 17.0 Å². The zero-order chi connectivity index (χ0) is 13.0. The molecule has 18 heavy (non-hydrogen) atoms. The van der Waals surface area contributed by atoms with Gasteiger partial charge in [0, 0.05) is 30.6 Å². The van der Waals surface area contributed by atoms with Crippen LogP contribution in [0.15, 0.2) is 42.7 Å². The van der Waals surface area contributed by atoms with E-state index < -0.39 is 0 Å². The van der Waals surface area contributed by atoms with E-state index in [0.29, 0.717) is 0 Å². The summed E-state index contributed by atoms with van der Waals surface area (Å²) in [4.78, 5) is 11.7. The van der Waals surface area contributed by atoms with E-state index in [0.717, 1.165) is 11.3 Å². The van der Waals surface area contributed by atoms with Crippen LogP contribution < -0.4 is 5.32 Å². The highest BCUT2D eigenvalue weighted by molar-refractivity contribution is 6.01. The van der Waals surface area contributed by atoms with E-state index in [9.17, 15) is 4.79 Å². The second kappa shape index (κ2) is 5.31. The van der Waals surface area contributed by atoms with Crippen LogP contribution in [-0.2, 0) is 11.8 Å². The number of aromatic nitrogens is 2. The van der Waals surface area contributed by atoms with Crippen LogP contribution in [0.25, 0.3) is 6.08 Å². The summed E-state index contributed by atoms with van der Waals surface area (Å²) < 4.78 is 1.69. The van der Waals surface area contributed by atoms with Gasteiger partial charge in [-0.3, -0.25) is 9.48 Å². The molecular formula is C14H15N3O. The maximum atomic E-state index is 11.7. The number of nitrogens with zero attached hydrogens (tertiary/aromatic N) is 2. The summed E-state index contributed by atoms with van der Waals surface area (Å²) in [6.45, 7) is 2.01. The first-order valence-corrected chi connectivity index (χ1v) is 5.68. The molecule has 1 N–H and O–H groups in total. The molecule has 0 aliphatic heterocycles. The summed E-state index contributed by atoms with van der Waals surface area (Å²) in [6.07, 6.45) is 6.78. The molecule has 1 heterocycles. The first kappa shape index (κ1) is 12.1. The van der Waals surface area contributed by atoms with Crippen LogP contribution in [0.3, 0.4) is 0 Å². The number of anilines is 1. The van der Waals surface area contributed by atoms with Crippen molar-refractivity contribution in [3.8, 4) is 0 Å². The number of nitrogens with one attached hydrogen (secondary N) is 1. The minimum absolute atomic E-state index is 0.150. The molecular weight excluding hydrogens is 226 g/mol. The van der Waals surface area contributed by atoms with Crippen LogP contribution >= 0.6 is 0 Å². The Morgan fingerprint density at radius 1 is 1.33 bits per heavy atom. The molecule has 4 nitrogen and oxygen atoms in total. The van der Waals surface area contributed by atoms with Crippen molar-refractivity contribution >= 4 is 17.7 Å². The number of carbonyl (C=O) groups excluding carboxylic acids is 1. The summed E-state index contributed by atoms with van der Waals surface area (Å²) in [5.74, 6) is -0.150. The standard InChI is InChI=1S/C14H15N3O/c1-11-3-6-13(7-4-11)16-14(18)8-5-12-9-15-17(2)10-12/h3-10H,1-2H3,(H,16,18)/b8-5+. The third-order valence-electron chi connectivity index (χ3n) is 2.47. The number of carbonyl (C=O) groups is 1. The maximum absolute atomic E-state index is 11.7. The highest BCUT2D eigenvalue weighted by Gasteiger charge is 1.97. The van der Waals surface area contributed by atoms with Crippen LogP contribution in [-0.4, -0.2) is 15.7 Å². The van der Waals surface area contributed by atoms with Gasteiger partial charge in [0.15, 0.2) is 0 Å². The molecule has 1 aromatic carbocycles. The van der Waals surface area contributed by atoms with Crippen molar-refractivity contribution < 1.29 is 4.79 Å². The lowest BCUT2D eigenvalue weighted by Gasteiger charge is -2.01. The predicted molar refractivity (Wildman–Crippen MR) is 72.1 cm³/mol. The Hall–Kier alpha value is -2.36. The molecule has 0 radical (unpaired) electrons. The number of hydrogen-bond donors (Lipinski definition) is 1. The molecule has 0 saturated heterocycles. The second-order valence-electron chi connectivity index (χ2n) is 4.14. The van der Waals surface area contributed by atoms with Gasteiger partial charge in [-0.25, -0.2) is 0 Å². The topological polar surface area (TPSA) is 46.9 Å². The third-order valence-corrected chi connectivity index (χ3v) is 2.47. The van der Waals surface area contributed by atoms with Gasteiger partial charge in [-0.1, -0.05) is 17.7 Å². The molecule has 1 aromatic heterocycles. The first-order valence-electron chi connectivity index (χ1n) is 5.68. The normalized spacial score (nSPS) is 10.8. The Morgan fingerprint density at radius 2 is 2.06 bits per heavy atom. The predicted octanol–water partition coefficient (Wildman–Crippen LogP) is 2.38. The van der Waals surface area contributed by atoms with Crippen molar-refractivity contribution in [3.05, 3.63) is 53.9 Å². The van der Waals surface area contributed by atoms with Gasteiger partial charge in [0.1, 0.15) is 0 Å². The lowest BCUT2D eigenvalue weighted by Crippen LogP contribution is -2.07. The monoisotopic (exact) mass is 241 g/mol. The summed E-state index contributed by atoms with van der Waals surface area (Å²) in [7, 11) is 1.84. The van der Waals surface area contributed by atoms with E-state index in [1.165, 1.54) is 11.6 Å². The Labute approximate surface area is 106 Å². The molecule has 0 atom stereocenters. The van der Waals surface area contributed by atoms with E-state index in [1.807, 2.05) is 44.4 Å². The summed E-state index contributed by atoms with van der Waals surface area (Å²) >= 11 is 0. The Bertz CT molecular complexity index is 567. The van der Waals surface area contributed by atoms with Crippen LogP contribution in [0.1, 0.15) is 11.1 Å². The van der Waals surface area contributed by atoms with E-state index >= 15 is 0 Å². The van der Waals surface area contributed by atoms with E-state index in [-0.39, 0.29) is 5.91 Å². The molecule has 0 aliphatic rings. The van der Waals surface area contributed by atoms with Gasteiger partial charge >= 0.3 is 0 Å². The van der Waals surface area contributed by atoms with Crippen LogP contribution in [0, 0.1) is 6.92 Å². The molecule has 0 bridgehead atoms. The molecule has 2 rings (SSSR count). The fraction of sp³-hybridized carbons (Fsp3) is 0.143. The molecule has 1 amide bonds. The lowest BCUT2D eigenvalue weighted by atomic mass is 10.2. The number of aryl methyl sites for hydroxylation is 2. The quantitative estimate of drug-likeness (QED) is 0.839. The second-order valence-corrected chi connectivity index (χ2v) is 4.14. The first-order chi connectivity index (χ1) is 8.63. The Morgan fingerprint density at radius 3 is 2.67 bits per heavy atom. The Kier molecular flexibility index (Phi) is 3.57. The van der Waals surface area contributed by atoms with Crippen LogP contribution in [0.4, 0.5) is 5.69 Å². The van der Waals surface area contributed by atoms with Gasteiger partial charge in [0.2, 0.25) is 5.91 Å². The van der Waals surface area contributed by atoms with E-state index in [4.69, 9.17) is 0 Å². The fourth-order valence-electron chi connectivity index (χ4n) is 1.52. The van der Waals surface area contributed by atoms with Gasteiger partial charge < -0.3 is 5.32 Å². The zero-order valence-electron chi connectivity index (χ0n) is 10.4. The molecule has 0 unspecified atom stereocenters. The molecule has 0 saturated carbocycles. The lowest BCUT2D eigenvalue weighted by molar-refractivity contribution is -0.111. The highest BCUT2D eigenvalue weighted by atomic mass is 16.1. The highest BCUT2D eigenvalue weighted by Crippen LogP contribution is 2.08. The van der Waals surface area contributed by atoms with E-state index in [2.05, 4.69) is 10.4 Å². The van der Waals surface area contributed by atoms with Crippen molar-refractivity contribution in [2.75, 3.05) is 5.32 Å². The van der Waals surface area contributed by atoms with Crippen molar-refractivity contribution in [2.45, 2.75) is 6.92 Å². The minimum Gasteiger partial charge on any atom is -0.323 e. The fourth-order valence-corrected chi connectivity index (χ4v) is 1.52. The number of hydrogen-bond acceptors (Lipinski definition) is 2. The van der Waals surface area contributed by atoms with Crippen molar-refractivity contribution in [3.63, 3.8) is 0 Å². The zero-order valence-corrected chi connectivity index (χ0v) is 10.4. The largest absolute Gasteiger partial charge is 0.323 e. The molecule has 0 spiro atoms. The van der Waals surface area contributed by atoms with Crippen molar-refractivity contribution in [2.24, 2.45) is 7.05 Å².